The Labute approximate surface area is 150 Å². The van der Waals surface area contributed by atoms with E-state index in [-0.39, 0.29) is 5.56 Å². The van der Waals surface area contributed by atoms with Crippen molar-refractivity contribution in [3.63, 3.8) is 0 Å². The van der Waals surface area contributed by atoms with E-state index in [1.165, 1.54) is 0 Å². The smallest absolute Gasteiger partial charge is 0.261 e. The van der Waals surface area contributed by atoms with Crippen LogP contribution in [0.25, 0.3) is 22.3 Å². The van der Waals surface area contributed by atoms with Gasteiger partial charge in [0.05, 0.1) is 22.5 Å². The molecule has 0 unspecified atom stereocenters. The summed E-state index contributed by atoms with van der Waals surface area (Å²) >= 11 is 6.38. The third kappa shape index (κ3) is 2.94. The number of nitrogens with zero attached hydrogens (tertiary/aromatic N) is 2. The van der Waals surface area contributed by atoms with Gasteiger partial charge < -0.3 is 0 Å². The van der Waals surface area contributed by atoms with E-state index >= 15 is 0 Å². The van der Waals surface area contributed by atoms with Crippen molar-refractivity contribution in [3.8, 4) is 11.4 Å². The highest BCUT2D eigenvalue weighted by atomic mass is 35.5. The van der Waals surface area contributed by atoms with Crippen LogP contribution in [0.4, 0.5) is 0 Å². The lowest BCUT2D eigenvalue weighted by molar-refractivity contribution is 0.759. The molecule has 0 fully saturated rings. The van der Waals surface area contributed by atoms with Crippen LogP contribution in [0.5, 0.6) is 0 Å². The molecule has 0 N–H and O–H groups in total. The number of hydrogen-bond acceptors (Lipinski definition) is 2. The first-order chi connectivity index (χ1) is 12.2. The van der Waals surface area contributed by atoms with Gasteiger partial charge in [0.1, 0.15) is 5.82 Å². The Hall–Kier alpha value is -2.91. The Morgan fingerprint density at radius 2 is 1.52 bits per heavy atom. The molecule has 1 heterocycles. The molecule has 1 aromatic heterocycles. The van der Waals surface area contributed by atoms with Gasteiger partial charge in [-0.25, -0.2) is 4.98 Å². The zero-order chi connectivity index (χ0) is 17.2. The second-order valence-electron chi connectivity index (χ2n) is 5.81. The van der Waals surface area contributed by atoms with Crippen LogP contribution in [-0.2, 0) is 6.54 Å². The van der Waals surface area contributed by atoms with Crippen molar-refractivity contribution in [3.05, 3.63) is 99.8 Å². The topological polar surface area (TPSA) is 34.9 Å². The fraction of sp³-hybridized carbons (Fsp3) is 0.0476. The molecular weight excluding hydrogens is 332 g/mol. The van der Waals surface area contributed by atoms with E-state index in [0.29, 0.717) is 28.3 Å². The Bertz CT molecular complexity index is 1100. The number of rotatable bonds is 3. The Morgan fingerprint density at radius 3 is 2.32 bits per heavy atom. The summed E-state index contributed by atoms with van der Waals surface area (Å²) in [5.74, 6) is 0.582. The van der Waals surface area contributed by atoms with Crippen LogP contribution < -0.4 is 5.56 Å². The largest absolute Gasteiger partial charge is 0.288 e. The first kappa shape index (κ1) is 15.6. The summed E-state index contributed by atoms with van der Waals surface area (Å²) in [4.78, 5) is 17.9. The average Bonchev–Trinajstić information content (AvgIpc) is 2.65. The van der Waals surface area contributed by atoms with Crippen LogP contribution in [-0.4, -0.2) is 9.55 Å². The first-order valence-electron chi connectivity index (χ1n) is 8.02. The van der Waals surface area contributed by atoms with Crippen molar-refractivity contribution < 1.29 is 0 Å². The maximum atomic E-state index is 13.1. The zero-order valence-electron chi connectivity index (χ0n) is 13.4. The number of benzene rings is 3. The van der Waals surface area contributed by atoms with Crippen LogP contribution in [0.1, 0.15) is 5.56 Å². The predicted octanol–water partition coefficient (Wildman–Crippen LogP) is 4.77. The summed E-state index contributed by atoms with van der Waals surface area (Å²) in [6.45, 7) is 0.443. The summed E-state index contributed by atoms with van der Waals surface area (Å²) in [5, 5.41) is 1.18. The number of aromatic nitrogens is 2. The van der Waals surface area contributed by atoms with Crippen molar-refractivity contribution in [1.29, 1.82) is 0 Å². The summed E-state index contributed by atoms with van der Waals surface area (Å²) in [7, 11) is 0. The maximum absolute atomic E-state index is 13.1. The van der Waals surface area contributed by atoms with Crippen molar-refractivity contribution in [2.45, 2.75) is 6.54 Å². The van der Waals surface area contributed by atoms with Crippen LogP contribution in [0.15, 0.2) is 83.7 Å². The molecule has 0 aliphatic rings. The molecule has 3 nitrogen and oxygen atoms in total. The van der Waals surface area contributed by atoms with Crippen LogP contribution in [0.2, 0.25) is 5.02 Å². The number of halogens is 1. The molecule has 0 aliphatic carbocycles. The van der Waals surface area contributed by atoms with E-state index in [2.05, 4.69) is 0 Å². The molecule has 4 aromatic rings. The first-order valence-corrected chi connectivity index (χ1v) is 8.40. The standard InChI is InChI=1S/C21H15ClN2O/c22-18-12-6-4-10-16(18)20-23-19-13-7-5-11-17(19)21(25)24(20)14-15-8-2-1-3-9-15/h1-13H,14H2. The minimum atomic E-state index is -0.0654. The molecule has 25 heavy (non-hydrogen) atoms. The van der Waals surface area contributed by atoms with Crippen LogP contribution >= 0.6 is 11.6 Å². The van der Waals surface area contributed by atoms with Crippen molar-refractivity contribution in [1.82, 2.24) is 9.55 Å². The number of para-hydroxylation sites is 1. The van der Waals surface area contributed by atoms with E-state index in [9.17, 15) is 4.79 Å². The van der Waals surface area contributed by atoms with E-state index < -0.39 is 0 Å². The van der Waals surface area contributed by atoms with Gasteiger partial charge in [0.25, 0.3) is 5.56 Å². The third-order valence-electron chi connectivity index (χ3n) is 4.16. The van der Waals surface area contributed by atoms with Crippen molar-refractivity contribution >= 4 is 22.5 Å². The summed E-state index contributed by atoms with van der Waals surface area (Å²) in [6.07, 6.45) is 0. The Kier molecular flexibility index (Phi) is 4.08. The van der Waals surface area contributed by atoms with E-state index in [4.69, 9.17) is 16.6 Å². The lowest BCUT2D eigenvalue weighted by atomic mass is 10.1. The van der Waals surface area contributed by atoms with E-state index in [1.807, 2.05) is 78.9 Å². The summed E-state index contributed by atoms with van der Waals surface area (Å²) in [5.41, 5.74) is 2.40. The van der Waals surface area contributed by atoms with Crippen LogP contribution in [0, 0.1) is 0 Å². The van der Waals surface area contributed by atoms with Gasteiger partial charge in [-0.1, -0.05) is 66.2 Å². The van der Waals surface area contributed by atoms with Gasteiger partial charge in [0.15, 0.2) is 0 Å². The molecule has 0 spiro atoms. The zero-order valence-corrected chi connectivity index (χ0v) is 14.1. The molecule has 122 valence electrons. The SMILES string of the molecule is O=c1c2ccccc2nc(-c2ccccc2Cl)n1Cc1ccccc1. The molecule has 4 rings (SSSR count). The highest BCUT2D eigenvalue weighted by molar-refractivity contribution is 6.33. The minimum absolute atomic E-state index is 0.0654. The van der Waals surface area contributed by atoms with Crippen molar-refractivity contribution in [2.75, 3.05) is 0 Å². The normalized spacial score (nSPS) is 10.9. The van der Waals surface area contributed by atoms with E-state index in [1.54, 1.807) is 4.57 Å². The quantitative estimate of drug-likeness (QED) is 0.536. The van der Waals surface area contributed by atoms with Gasteiger partial charge >= 0.3 is 0 Å². The Balaban J connectivity index is 2.01. The predicted molar refractivity (Wildman–Crippen MR) is 102 cm³/mol. The second kappa shape index (κ2) is 6.54. The van der Waals surface area contributed by atoms with Gasteiger partial charge in [-0.2, -0.15) is 0 Å². The van der Waals surface area contributed by atoms with Gasteiger partial charge in [0, 0.05) is 5.56 Å². The maximum Gasteiger partial charge on any atom is 0.261 e. The van der Waals surface area contributed by atoms with Gasteiger partial charge in [-0.05, 0) is 29.8 Å². The Morgan fingerprint density at radius 1 is 0.840 bits per heavy atom. The second-order valence-corrected chi connectivity index (χ2v) is 6.22. The highest BCUT2D eigenvalue weighted by Gasteiger charge is 2.15. The van der Waals surface area contributed by atoms with Crippen LogP contribution in [0.3, 0.4) is 0 Å². The fourth-order valence-electron chi connectivity index (χ4n) is 2.93. The average molecular weight is 347 g/mol. The van der Waals surface area contributed by atoms with E-state index in [0.717, 1.165) is 11.1 Å². The summed E-state index contributed by atoms with van der Waals surface area (Å²) < 4.78 is 1.69. The monoisotopic (exact) mass is 346 g/mol. The third-order valence-corrected chi connectivity index (χ3v) is 4.49. The van der Waals surface area contributed by atoms with Gasteiger partial charge in [-0.3, -0.25) is 9.36 Å². The molecule has 0 saturated carbocycles. The molecular formula is C21H15ClN2O. The lowest BCUT2D eigenvalue weighted by Gasteiger charge is -2.14. The minimum Gasteiger partial charge on any atom is -0.288 e. The molecule has 3 aromatic carbocycles. The number of hydrogen-bond donors (Lipinski definition) is 0. The highest BCUT2D eigenvalue weighted by Crippen LogP contribution is 2.27. The van der Waals surface area contributed by atoms with Gasteiger partial charge in [-0.15, -0.1) is 0 Å². The molecule has 0 atom stereocenters. The number of fused-ring (bicyclic) bond motifs is 1. The molecule has 0 amide bonds. The van der Waals surface area contributed by atoms with Gasteiger partial charge in [0.2, 0.25) is 0 Å². The summed E-state index contributed by atoms with van der Waals surface area (Å²) in [6, 6.07) is 24.7. The molecule has 0 bridgehead atoms. The lowest BCUT2D eigenvalue weighted by Crippen LogP contribution is -2.24. The fourth-order valence-corrected chi connectivity index (χ4v) is 3.15. The van der Waals surface area contributed by atoms with Crippen molar-refractivity contribution in [2.24, 2.45) is 0 Å². The molecule has 4 heteroatoms. The molecule has 0 saturated heterocycles. The molecule has 0 radical (unpaired) electrons. The molecule has 0 aliphatic heterocycles.